The van der Waals surface area contributed by atoms with Crippen molar-refractivity contribution in [1.82, 2.24) is 0 Å². The summed E-state index contributed by atoms with van der Waals surface area (Å²) in [6.07, 6.45) is 0.875. The molecule has 13 heavy (non-hydrogen) atoms. The van der Waals surface area contributed by atoms with Crippen LogP contribution in [0.2, 0.25) is 0 Å². The zero-order chi connectivity index (χ0) is 9.69. The van der Waals surface area contributed by atoms with Crippen LogP contribution in [0.5, 0.6) is 0 Å². The van der Waals surface area contributed by atoms with Crippen molar-refractivity contribution in [3.8, 4) is 0 Å². The summed E-state index contributed by atoms with van der Waals surface area (Å²) in [6, 6.07) is -0.289. The zero-order valence-electron chi connectivity index (χ0n) is 8.37. The van der Waals surface area contributed by atoms with Crippen molar-refractivity contribution in [1.29, 1.82) is 0 Å². The Morgan fingerprint density at radius 1 is 1.46 bits per heavy atom. The SMILES string of the molecule is [B][C@@H]1O[C@]2(COC)CC1OC2(C)C. The topological polar surface area (TPSA) is 27.7 Å². The summed E-state index contributed by atoms with van der Waals surface area (Å²) < 4.78 is 16.7. The fourth-order valence-corrected chi connectivity index (χ4v) is 2.31. The zero-order valence-corrected chi connectivity index (χ0v) is 8.37. The van der Waals surface area contributed by atoms with Gasteiger partial charge in [-0.3, -0.25) is 0 Å². The van der Waals surface area contributed by atoms with Crippen LogP contribution in [0.15, 0.2) is 0 Å². The van der Waals surface area contributed by atoms with E-state index in [0.29, 0.717) is 6.61 Å². The van der Waals surface area contributed by atoms with Gasteiger partial charge in [-0.1, -0.05) is 0 Å². The van der Waals surface area contributed by atoms with Gasteiger partial charge in [0.15, 0.2) is 0 Å². The molecule has 2 fully saturated rings. The number of methoxy groups -OCH3 is 1. The number of fused-ring (bicyclic) bond motifs is 2. The van der Waals surface area contributed by atoms with Crippen LogP contribution >= 0.6 is 0 Å². The van der Waals surface area contributed by atoms with Gasteiger partial charge >= 0.3 is 0 Å². The minimum Gasteiger partial charge on any atom is -0.382 e. The first-order chi connectivity index (χ1) is 6.01. The quantitative estimate of drug-likeness (QED) is 0.580. The molecule has 0 N–H and O–H groups in total. The molecule has 72 valence electrons. The maximum absolute atomic E-state index is 5.79. The molecule has 2 rings (SSSR count). The Balaban J connectivity index is 2.23. The first-order valence-electron chi connectivity index (χ1n) is 4.61. The summed E-state index contributed by atoms with van der Waals surface area (Å²) in [7, 11) is 7.43. The summed E-state index contributed by atoms with van der Waals surface area (Å²) in [5, 5.41) is 0. The second kappa shape index (κ2) is 2.72. The number of hydrogen-bond acceptors (Lipinski definition) is 3. The van der Waals surface area contributed by atoms with Gasteiger partial charge in [-0.15, -0.1) is 0 Å². The molecule has 2 saturated heterocycles. The van der Waals surface area contributed by atoms with Crippen LogP contribution < -0.4 is 0 Å². The minimum absolute atomic E-state index is 0.0325. The van der Waals surface area contributed by atoms with Crippen molar-refractivity contribution in [3.05, 3.63) is 0 Å². The molecule has 3 nitrogen and oxygen atoms in total. The Bertz CT molecular complexity index is 215. The van der Waals surface area contributed by atoms with E-state index in [0.717, 1.165) is 6.42 Å². The number of rotatable bonds is 2. The van der Waals surface area contributed by atoms with Crippen LogP contribution in [0.1, 0.15) is 20.3 Å². The van der Waals surface area contributed by atoms with Gasteiger partial charge in [0.05, 0.1) is 18.3 Å². The second-order valence-corrected chi connectivity index (χ2v) is 4.38. The highest BCUT2D eigenvalue weighted by atomic mass is 16.6. The molecule has 4 heteroatoms. The standard InChI is InChI=1S/C9H15BO3/c1-8(2)9(5-11-3)4-6(12-8)7(10)13-9/h6-7H,4-5H2,1-3H3/t6?,7-,9+/m1/s1. The number of ether oxygens (including phenoxy) is 3. The van der Waals surface area contributed by atoms with Crippen molar-refractivity contribution in [2.75, 3.05) is 13.7 Å². The Morgan fingerprint density at radius 3 is 2.62 bits per heavy atom. The summed E-state index contributed by atoms with van der Waals surface area (Å²) >= 11 is 0. The van der Waals surface area contributed by atoms with Crippen molar-refractivity contribution in [3.63, 3.8) is 0 Å². The van der Waals surface area contributed by atoms with E-state index in [4.69, 9.17) is 22.1 Å². The third kappa shape index (κ3) is 1.16. The molecular weight excluding hydrogens is 167 g/mol. The maximum atomic E-state index is 5.79. The average Bonchev–Trinajstić information content (AvgIpc) is 2.39. The molecule has 2 aliphatic rings. The molecule has 0 spiro atoms. The molecule has 0 saturated carbocycles. The Labute approximate surface area is 80.1 Å². The molecule has 3 atom stereocenters. The lowest BCUT2D eigenvalue weighted by molar-refractivity contribution is -0.219. The lowest BCUT2D eigenvalue weighted by Crippen LogP contribution is -2.54. The summed E-state index contributed by atoms with van der Waals surface area (Å²) in [4.78, 5) is 0. The van der Waals surface area contributed by atoms with Crippen LogP contribution in [0, 0.1) is 0 Å². The number of hydrogen-bond donors (Lipinski definition) is 0. The molecule has 2 heterocycles. The van der Waals surface area contributed by atoms with Gasteiger partial charge in [-0.25, -0.2) is 0 Å². The van der Waals surface area contributed by atoms with E-state index < -0.39 is 0 Å². The largest absolute Gasteiger partial charge is 0.382 e. The predicted octanol–water partition coefficient (Wildman–Crippen LogP) is 0.464. The van der Waals surface area contributed by atoms with Crippen LogP contribution in [-0.4, -0.2) is 44.9 Å². The molecule has 2 radical (unpaired) electrons. The minimum atomic E-state index is -0.341. The van der Waals surface area contributed by atoms with E-state index in [2.05, 4.69) is 0 Å². The fraction of sp³-hybridized carbons (Fsp3) is 1.00. The molecule has 0 aliphatic carbocycles. The first kappa shape index (κ1) is 9.50. The predicted molar refractivity (Wildman–Crippen MR) is 48.8 cm³/mol. The smallest absolute Gasteiger partial charge is 0.122 e. The van der Waals surface area contributed by atoms with E-state index in [-0.39, 0.29) is 23.3 Å². The lowest BCUT2D eigenvalue weighted by Gasteiger charge is -2.42. The van der Waals surface area contributed by atoms with Crippen molar-refractivity contribution in [2.45, 2.75) is 43.6 Å². The van der Waals surface area contributed by atoms with E-state index in [1.165, 1.54) is 0 Å². The van der Waals surface area contributed by atoms with Crippen LogP contribution in [0.4, 0.5) is 0 Å². The van der Waals surface area contributed by atoms with E-state index in [9.17, 15) is 0 Å². The van der Waals surface area contributed by atoms with Crippen molar-refractivity contribution >= 4 is 7.85 Å². The summed E-state index contributed by atoms with van der Waals surface area (Å²) in [5.74, 6) is 0. The van der Waals surface area contributed by atoms with Crippen molar-refractivity contribution in [2.24, 2.45) is 0 Å². The van der Waals surface area contributed by atoms with Gasteiger partial charge in [0.1, 0.15) is 13.4 Å². The molecule has 0 aromatic carbocycles. The molecule has 0 aromatic heterocycles. The highest BCUT2D eigenvalue weighted by Gasteiger charge is 2.62. The third-order valence-corrected chi connectivity index (χ3v) is 3.18. The average molecular weight is 182 g/mol. The first-order valence-corrected chi connectivity index (χ1v) is 4.61. The monoisotopic (exact) mass is 182 g/mol. The van der Waals surface area contributed by atoms with E-state index in [1.54, 1.807) is 7.11 Å². The fourth-order valence-electron chi connectivity index (χ4n) is 2.31. The Morgan fingerprint density at radius 2 is 2.15 bits per heavy atom. The van der Waals surface area contributed by atoms with Gasteiger partial charge in [0.2, 0.25) is 0 Å². The Kier molecular flexibility index (Phi) is 1.99. The molecule has 1 unspecified atom stereocenters. The van der Waals surface area contributed by atoms with Crippen LogP contribution in [0.3, 0.4) is 0 Å². The molecule has 0 amide bonds. The van der Waals surface area contributed by atoms with Crippen LogP contribution in [0.25, 0.3) is 0 Å². The van der Waals surface area contributed by atoms with Gasteiger partial charge in [-0.05, 0) is 13.8 Å². The van der Waals surface area contributed by atoms with Gasteiger partial charge < -0.3 is 14.2 Å². The molecule has 2 aliphatic heterocycles. The highest BCUT2D eigenvalue weighted by Crippen LogP contribution is 2.49. The Hall–Kier alpha value is -0.0551. The van der Waals surface area contributed by atoms with Gasteiger partial charge in [0.25, 0.3) is 0 Å². The molecule has 0 aromatic rings. The third-order valence-electron chi connectivity index (χ3n) is 3.18. The van der Waals surface area contributed by atoms with Crippen LogP contribution in [-0.2, 0) is 14.2 Å². The summed E-state index contributed by atoms with van der Waals surface area (Å²) in [5.41, 5.74) is -0.630. The van der Waals surface area contributed by atoms with E-state index >= 15 is 0 Å². The maximum Gasteiger partial charge on any atom is 0.122 e. The van der Waals surface area contributed by atoms with Gasteiger partial charge in [0, 0.05) is 19.5 Å². The highest BCUT2D eigenvalue weighted by molar-refractivity contribution is 6.11. The summed E-state index contributed by atoms with van der Waals surface area (Å²) in [6.45, 7) is 4.60. The second-order valence-electron chi connectivity index (χ2n) is 4.38. The van der Waals surface area contributed by atoms with Gasteiger partial charge in [-0.2, -0.15) is 0 Å². The molecule has 2 bridgehead atoms. The van der Waals surface area contributed by atoms with Crippen molar-refractivity contribution < 1.29 is 14.2 Å². The normalized spacial score (nSPS) is 47.0. The van der Waals surface area contributed by atoms with E-state index in [1.807, 2.05) is 13.8 Å². The molecular formula is C9H15BO3. The lowest BCUT2D eigenvalue weighted by atomic mass is 9.86.